The van der Waals surface area contributed by atoms with E-state index >= 15 is 0 Å². The SMILES string of the molecule is CS(=O)(=O)NCC(=O)[O-]. The summed E-state index contributed by atoms with van der Waals surface area (Å²) in [7, 11) is -3.39. The van der Waals surface area contributed by atoms with E-state index in [-0.39, 0.29) is 0 Å². The molecule has 0 rings (SSSR count). The van der Waals surface area contributed by atoms with Crippen molar-refractivity contribution in [2.75, 3.05) is 12.8 Å². The third kappa shape index (κ3) is 7.38. The summed E-state index contributed by atoms with van der Waals surface area (Å²) in [6, 6.07) is 0. The van der Waals surface area contributed by atoms with E-state index in [1.54, 1.807) is 4.72 Å². The van der Waals surface area contributed by atoms with Crippen molar-refractivity contribution in [1.29, 1.82) is 0 Å². The number of nitrogens with one attached hydrogen (secondary N) is 1. The molecule has 0 fully saturated rings. The Kier molecular flexibility index (Phi) is 2.60. The fourth-order valence-electron chi connectivity index (χ4n) is 0.190. The van der Waals surface area contributed by atoms with Crippen molar-refractivity contribution in [3.8, 4) is 0 Å². The van der Waals surface area contributed by atoms with Gasteiger partial charge in [-0.15, -0.1) is 0 Å². The van der Waals surface area contributed by atoms with Crippen molar-refractivity contribution < 1.29 is 18.3 Å². The van der Waals surface area contributed by atoms with Crippen molar-refractivity contribution in [3.63, 3.8) is 0 Å². The lowest BCUT2D eigenvalue weighted by Gasteiger charge is -2.00. The number of sulfonamides is 1. The predicted molar refractivity (Wildman–Crippen MR) is 27.9 cm³/mol. The molecule has 0 saturated carbocycles. The summed E-state index contributed by atoms with van der Waals surface area (Å²) in [6.45, 7) is -0.668. The number of rotatable bonds is 3. The van der Waals surface area contributed by atoms with Gasteiger partial charge in [0.2, 0.25) is 10.0 Å². The topological polar surface area (TPSA) is 86.3 Å². The molecule has 0 aliphatic heterocycles. The van der Waals surface area contributed by atoms with E-state index in [1.807, 2.05) is 0 Å². The lowest BCUT2D eigenvalue weighted by Crippen LogP contribution is -2.37. The van der Waals surface area contributed by atoms with Crippen LogP contribution in [-0.4, -0.2) is 27.2 Å². The van der Waals surface area contributed by atoms with E-state index in [0.29, 0.717) is 0 Å². The van der Waals surface area contributed by atoms with E-state index in [1.165, 1.54) is 0 Å². The Hall–Kier alpha value is -0.620. The standard InChI is InChI=1S/C3H7NO4S/c1-9(7,8)4-2-3(5)6/h4H,2H2,1H3,(H,5,6)/p-1. The van der Waals surface area contributed by atoms with Gasteiger partial charge < -0.3 is 9.90 Å². The first-order valence-electron chi connectivity index (χ1n) is 2.06. The molecular formula is C3H6NO4S-. The van der Waals surface area contributed by atoms with E-state index in [4.69, 9.17) is 0 Å². The molecule has 0 aliphatic carbocycles. The Balaban J connectivity index is 3.67. The first-order valence-corrected chi connectivity index (χ1v) is 3.95. The van der Waals surface area contributed by atoms with Crippen LogP contribution >= 0.6 is 0 Å². The van der Waals surface area contributed by atoms with Gasteiger partial charge in [0.05, 0.1) is 18.8 Å². The van der Waals surface area contributed by atoms with Gasteiger partial charge in [0.15, 0.2) is 0 Å². The van der Waals surface area contributed by atoms with Crippen LogP contribution in [0.25, 0.3) is 0 Å². The molecule has 0 aromatic rings. The third-order valence-corrected chi connectivity index (χ3v) is 1.15. The van der Waals surface area contributed by atoms with Crippen LogP contribution in [0.2, 0.25) is 0 Å². The minimum atomic E-state index is -3.39. The molecule has 0 unspecified atom stereocenters. The fraction of sp³-hybridized carbons (Fsp3) is 0.667. The summed E-state index contributed by atoms with van der Waals surface area (Å²) in [5.41, 5.74) is 0. The van der Waals surface area contributed by atoms with E-state index in [9.17, 15) is 18.3 Å². The Morgan fingerprint density at radius 2 is 2.11 bits per heavy atom. The lowest BCUT2D eigenvalue weighted by molar-refractivity contribution is -0.303. The molecule has 0 aromatic heterocycles. The summed E-state index contributed by atoms with van der Waals surface area (Å²) in [5.74, 6) is -1.44. The van der Waals surface area contributed by atoms with Crippen molar-refractivity contribution in [2.24, 2.45) is 0 Å². The van der Waals surface area contributed by atoms with Gasteiger partial charge in [0.25, 0.3) is 0 Å². The van der Waals surface area contributed by atoms with Gasteiger partial charge in [-0.1, -0.05) is 0 Å². The van der Waals surface area contributed by atoms with Crippen LogP contribution in [0.5, 0.6) is 0 Å². The number of carbonyl (C=O) groups is 1. The second kappa shape index (κ2) is 2.79. The van der Waals surface area contributed by atoms with E-state index < -0.39 is 22.5 Å². The summed E-state index contributed by atoms with van der Waals surface area (Å²) < 4.78 is 22.0. The largest absolute Gasteiger partial charge is 0.549 e. The molecule has 54 valence electrons. The van der Waals surface area contributed by atoms with Crippen molar-refractivity contribution in [3.05, 3.63) is 0 Å². The molecule has 1 N–H and O–H groups in total. The highest BCUT2D eigenvalue weighted by Gasteiger charge is 1.97. The number of hydrogen-bond donors (Lipinski definition) is 1. The van der Waals surface area contributed by atoms with Gasteiger partial charge in [-0.05, 0) is 0 Å². The molecule has 9 heavy (non-hydrogen) atoms. The van der Waals surface area contributed by atoms with Crippen LogP contribution in [-0.2, 0) is 14.8 Å². The van der Waals surface area contributed by atoms with Gasteiger partial charge in [-0.3, -0.25) is 0 Å². The molecule has 5 nitrogen and oxygen atoms in total. The zero-order valence-electron chi connectivity index (χ0n) is 4.75. The maximum absolute atomic E-state index is 10.1. The minimum absolute atomic E-state index is 0.668. The van der Waals surface area contributed by atoms with E-state index in [0.717, 1.165) is 6.26 Å². The summed E-state index contributed by atoms with van der Waals surface area (Å²) >= 11 is 0. The Labute approximate surface area is 52.7 Å². The number of aliphatic carboxylic acids is 1. The second-order valence-electron chi connectivity index (χ2n) is 1.47. The van der Waals surface area contributed by atoms with Gasteiger partial charge in [0.1, 0.15) is 0 Å². The molecule has 0 aromatic carbocycles. The average molecular weight is 152 g/mol. The molecular weight excluding hydrogens is 146 g/mol. The van der Waals surface area contributed by atoms with Crippen LogP contribution in [0.15, 0.2) is 0 Å². The van der Waals surface area contributed by atoms with Crippen LogP contribution in [0.3, 0.4) is 0 Å². The van der Waals surface area contributed by atoms with Crippen molar-refractivity contribution >= 4 is 16.0 Å². The van der Waals surface area contributed by atoms with Gasteiger partial charge in [0, 0.05) is 0 Å². The van der Waals surface area contributed by atoms with Crippen LogP contribution in [0.4, 0.5) is 0 Å². The minimum Gasteiger partial charge on any atom is -0.549 e. The molecule has 0 atom stereocenters. The quantitative estimate of drug-likeness (QED) is 0.476. The second-order valence-corrected chi connectivity index (χ2v) is 3.30. The van der Waals surface area contributed by atoms with Gasteiger partial charge >= 0.3 is 0 Å². The van der Waals surface area contributed by atoms with Gasteiger partial charge in [-0.2, -0.15) is 0 Å². The maximum Gasteiger partial charge on any atom is 0.209 e. The highest BCUT2D eigenvalue weighted by molar-refractivity contribution is 7.88. The Bertz CT molecular complexity index is 194. The number of carboxylic acids is 1. The van der Waals surface area contributed by atoms with Crippen LogP contribution in [0, 0.1) is 0 Å². The molecule has 0 aliphatic rings. The molecule has 0 radical (unpaired) electrons. The van der Waals surface area contributed by atoms with Crippen molar-refractivity contribution in [2.45, 2.75) is 0 Å². The van der Waals surface area contributed by atoms with Crippen LogP contribution in [0.1, 0.15) is 0 Å². The Morgan fingerprint density at radius 3 is 2.22 bits per heavy atom. The summed E-state index contributed by atoms with van der Waals surface area (Å²) in [6.07, 6.45) is 0.871. The zero-order chi connectivity index (χ0) is 7.49. The molecule has 6 heteroatoms. The van der Waals surface area contributed by atoms with E-state index in [2.05, 4.69) is 0 Å². The first-order chi connectivity index (χ1) is 3.92. The molecule has 0 saturated heterocycles. The third-order valence-electron chi connectivity index (χ3n) is 0.479. The Morgan fingerprint density at radius 1 is 1.67 bits per heavy atom. The highest BCUT2D eigenvalue weighted by Crippen LogP contribution is 1.69. The molecule has 0 bridgehead atoms. The smallest absolute Gasteiger partial charge is 0.209 e. The monoisotopic (exact) mass is 152 g/mol. The number of hydrogen-bond acceptors (Lipinski definition) is 4. The zero-order valence-corrected chi connectivity index (χ0v) is 5.56. The van der Waals surface area contributed by atoms with Gasteiger partial charge in [-0.25, -0.2) is 13.1 Å². The first kappa shape index (κ1) is 8.38. The highest BCUT2D eigenvalue weighted by atomic mass is 32.2. The number of carboxylic acid groups (broad SMARTS) is 1. The maximum atomic E-state index is 10.1. The molecule has 0 spiro atoms. The van der Waals surface area contributed by atoms with Crippen LogP contribution < -0.4 is 9.83 Å². The summed E-state index contributed by atoms with van der Waals surface area (Å²) in [4.78, 5) is 9.61. The van der Waals surface area contributed by atoms with Crippen molar-refractivity contribution in [1.82, 2.24) is 4.72 Å². The average Bonchev–Trinajstić information content (AvgIpc) is 1.59. The predicted octanol–water partition coefficient (Wildman–Crippen LogP) is -2.71. The molecule has 0 amide bonds. The fourth-order valence-corrected chi connectivity index (χ4v) is 0.570. The lowest BCUT2D eigenvalue weighted by atomic mass is 10.7. The molecule has 0 heterocycles. The normalized spacial score (nSPS) is 11.2. The summed E-state index contributed by atoms with van der Waals surface area (Å²) in [5, 5.41) is 9.61. The number of carbonyl (C=O) groups excluding carboxylic acids is 1.